The summed E-state index contributed by atoms with van der Waals surface area (Å²) in [6.07, 6.45) is 5.11. The maximum Gasteiger partial charge on any atom is 0.262 e. The zero-order valence-corrected chi connectivity index (χ0v) is 25.9. The van der Waals surface area contributed by atoms with Gasteiger partial charge in [0.05, 0.1) is 24.4 Å². The topological polar surface area (TPSA) is 81.7 Å². The van der Waals surface area contributed by atoms with Gasteiger partial charge in [0.2, 0.25) is 0 Å². The van der Waals surface area contributed by atoms with E-state index in [0.29, 0.717) is 60.1 Å². The number of likely N-dealkylation sites (tertiary alicyclic amines) is 1. The summed E-state index contributed by atoms with van der Waals surface area (Å²) in [6.45, 7) is 1.99. The molecule has 1 saturated heterocycles. The van der Waals surface area contributed by atoms with E-state index in [0.717, 1.165) is 46.4 Å². The SMILES string of the molecule is CN1CCC(F)(c2ccc(-c3cc4c(-c5cccc(N6CCOc7cc(C8CC8)ccc7C6=O)c5CO)ccnc4[nH]3)cc2)CC1. The summed E-state index contributed by atoms with van der Waals surface area (Å²) in [5.74, 6) is 1.07. The van der Waals surface area contributed by atoms with Crippen LogP contribution in [-0.2, 0) is 12.3 Å². The number of aromatic amines is 1. The lowest BCUT2D eigenvalue weighted by atomic mass is 9.86. The molecule has 4 heterocycles. The summed E-state index contributed by atoms with van der Waals surface area (Å²) in [7, 11) is 2.03. The Bertz CT molecular complexity index is 1940. The lowest BCUT2D eigenvalue weighted by Crippen LogP contribution is -2.37. The number of carbonyl (C=O) groups excluding carboxylic acids is 1. The van der Waals surface area contributed by atoms with E-state index < -0.39 is 5.67 Å². The third-order valence-electron chi connectivity index (χ3n) is 10.0. The second kappa shape index (κ2) is 11.4. The number of hydrogen-bond acceptors (Lipinski definition) is 5. The Morgan fingerprint density at radius 2 is 1.78 bits per heavy atom. The molecule has 5 aromatic rings. The van der Waals surface area contributed by atoms with E-state index in [-0.39, 0.29) is 12.5 Å². The minimum absolute atomic E-state index is 0.135. The number of hydrogen-bond donors (Lipinski definition) is 2. The molecule has 3 aliphatic rings. The van der Waals surface area contributed by atoms with Crippen LogP contribution in [0.25, 0.3) is 33.4 Å². The Morgan fingerprint density at radius 3 is 2.54 bits per heavy atom. The first-order chi connectivity index (χ1) is 22.4. The van der Waals surface area contributed by atoms with Crippen LogP contribution in [-0.4, -0.2) is 59.2 Å². The molecule has 3 aromatic carbocycles. The van der Waals surface area contributed by atoms with E-state index in [4.69, 9.17) is 4.74 Å². The number of amides is 1. The molecule has 8 heteroatoms. The second-order valence-electron chi connectivity index (χ2n) is 12.9. The molecule has 2 fully saturated rings. The number of aromatic nitrogens is 2. The van der Waals surface area contributed by atoms with Crippen LogP contribution < -0.4 is 9.64 Å². The van der Waals surface area contributed by atoms with Crippen molar-refractivity contribution >= 4 is 22.6 Å². The molecule has 0 unspecified atom stereocenters. The molecule has 46 heavy (non-hydrogen) atoms. The van der Waals surface area contributed by atoms with Gasteiger partial charge in [-0.2, -0.15) is 0 Å². The highest BCUT2D eigenvalue weighted by atomic mass is 19.1. The molecule has 0 spiro atoms. The van der Waals surface area contributed by atoms with Gasteiger partial charge in [0.25, 0.3) is 5.91 Å². The number of halogens is 1. The third-order valence-corrected chi connectivity index (χ3v) is 10.0. The Labute approximate surface area is 267 Å². The number of H-pyrrole nitrogens is 1. The van der Waals surface area contributed by atoms with Crippen molar-refractivity contribution in [3.05, 3.63) is 101 Å². The fourth-order valence-electron chi connectivity index (χ4n) is 7.10. The van der Waals surface area contributed by atoms with Crippen molar-refractivity contribution < 1.29 is 19.0 Å². The number of benzene rings is 3. The molecule has 0 atom stereocenters. The summed E-state index contributed by atoms with van der Waals surface area (Å²) in [4.78, 5) is 25.8. The minimum Gasteiger partial charge on any atom is -0.491 e. The average molecular weight is 617 g/mol. The predicted molar refractivity (Wildman–Crippen MR) is 178 cm³/mol. The summed E-state index contributed by atoms with van der Waals surface area (Å²) < 4.78 is 21.8. The van der Waals surface area contributed by atoms with Gasteiger partial charge in [-0.3, -0.25) is 4.79 Å². The molecule has 1 aliphatic carbocycles. The van der Waals surface area contributed by atoms with Crippen LogP contribution in [0.5, 0.6) is 5.75 Å². The second-order valence-corrected chi connectivity index (χ2v) is 12.9. The number of carbonyl (C=O) groups is 1. The molecular weight excluding hydrogens is 579 g/mol. The lowest BCUT2D eigenvalue weighted by Gasteiger charge is -2.34. The summed E-state index contributed by atoms with van der Waals surface area (Å²) in [6, 6.07) is 23.5. The lowest BCUT2D eigenvalue weighted by molar-refractivity contribution is 0.0674. The quantitative estimate of drug-likeness (QED) is 0.211. The number of alkyl halides is 1. The largest absolute Gasteiger partial charge is 0.491 e. The molecule has 8 rings (SSSR count). The van der Waals surface area contributed by atoms with Gasteiger partial charge in [0.1, 0.15) is 23.7 Å². The van der Waals surface area contributed by atoms with E-state index in [2.05, 4.69) is 20.9 Å². The zero-order valence-electron chi connectivity index (χ0n) is 25.9. The van der Waals surface area contributed by atoms with Crippen molar-refractivity contribution in [3.63, 3.8) is 0 Å². The van der Waals surface area contributed by atoms with Gasteiger partial charge in [-0.25, -0.2) is 9.37 Å². The maximum atomic E-state index is 15.7. The number of pyridine rings is 1. The average Bonchev–Trinajstić information content (AvgIpc) is 3.87. The van der Waals surface area contributed by atoms with Crippen LogP contribution in [0.2, 0.25) is 0 Å². The number of aliphatic hydroxyl groups excluding tert-OH is 1. The van der Waals surface area contributed by atoms with Crippen molar-refractivity contribution in [1.29, 1.82) is 0 Å². The first-order valence-electron chi connectivity index (χ1n) is 16.2. The van der Waals surface area contributed by atoms with Crippen LogP contribution >= 0.6 is 0 Å². The molecular formula is C38H37FN4O3. The Kier molecular flexibility index (Phi) is 7.14. The smallest absolute Gasteiger partial charge is 0.262 e. The number of aliphatic hydroxyl groups is 1. The van der Waals surface area contributed by atoms with E-state index in [1.165, 1.54) is 18.4 Å². The van der Waals surface area contributed by atoms with Gasteiger partial charge in [0.15, 0.2) is 0 Å². The molecule has 234 valence electrons. The number of nitrogens with zero attached hydrogens (tertiary/aromatic N) is 3. The van der Waals surface area contributed by atoms with Crippen molar-refractivity contribution in [2.45, 2.75) is 43.9 Å². The standard InChI is InChI=1S/C38H37FN4O3/c1-42-17-14-38(39,15-18-42)27-10-7-25(8-11-27)33-22-31-29(13-16-40-36(31)41-33)28-3-2-4-34(32(28)23-44)43-19-20-46-35-21-26(24-5-6-24)9-12-30(35)37(43)45/h2-4,7-13,16,21-22,24,44H,5-6,14-15,17-20,23H2,1H3,(H,40,41). The Hall–Kier alpha value is -4.53. The van der Waals surface area contributed by atoms with Gasteiger partial charge in [-0.15, -0.1) is 0 Å². The Morgan fingerprint density at radius 1 is 0.978 bits per heavy atom. The van der Waals surface area contributed by atoms with Gasteiger partial charge in [-0.05, 0) is 96.8 Å². The Balaban J connectivity index is 1.13. The minimum atomic E-state index is -1.30. The van der Waals surface area contributed by atoms with Crippen LogP contribution in [0.15, 0.2) is 79.0 Å². The zero-order chi connectivity index (χ0) is 31.4. The van der Waals surface area contributed by atoms with Crippen molar-refractivity contribution in [2.75, 3.05) is 38.2 Å². The monoisotopic (exact) mass is 616 g/mol. The van der Waals surface area contributed by atoms with Gasteiger partial charge < -0.3 is 24.6 Å². The molecule has 2 aromatic heterocycles. The van der Waals surface area contributed by atoms with Crippen molar-refractivity contribution in [1.82, 2.24) is 14.9 Å². The predicted octanol–water partition coefficient (Wildman–Crippen LogP) is 7.20. The number of piperidine rings is 1. The van der Waals surface area contributed by atoms with E-state index in [1.54, 1.807) is 11.1 Å². The third kappa shape index (κ3) is 5.06. The maximum absolute atomic E-state index is 15.7. The number of rotatable bonds is 6. The number of anilines is 1. The fraction of sp³-hybridized carbons (Fsp3) is 0.316. The number of fused-ring (bicyclic) bond motifs is 2. The summed E-state index contributed by atoms with van der Waals surface area (Å²) in [5, 5.41) is 11.6. The summed E-state index contributed by atoms with van der Waals surface area (Å²) in [5.41, 5.74) is 6.79. The highest BCUT2D eigenvalue weighted by Crippen LogP contribution is 2.43. The van der Waals surface area contributed by atoms with E-state index in [9.17, 15) is 9.90 Å². The number of nitrogens with one attached hydrogen (secondary N) is 1. The molecule has 7 nitrogen and oxygen atoms in total. The van der Waals surface area contributed by atoms with Crippen LogP contribution in [0.3, 0.4) is 0 Å². The first-order valence-corrected chi connectivity index (χ1v) is 16.2. The molecule has 2 N–H and O–H groups in total. The summed E-state index contributed by atoms with van der Waals surface area (Å²) >= 11 is 0. The van der Waals surface area contributed by atoms with Gasteiger partial charge in [0, 0.05) is 35.9 Å². The van der Waals surface area contributed by atoms with Crippen LogP contribution in [0.1, 0.15) is 58.6 Å². The fourth-order valence-corrected chi connectivity index (χ4v) is 7.10. The van der Waals surface area contributed by atoms with E-state index in [1.807, 2.05) is 73.8 Å². The molecule has 2 aliphatic heterocycles. The molecule has 1 amide bonds. The van der Waals surface area contributed by atoms with E-state index >= 15 is 4.39 Å². The van der Waals surface area contributed by atoms with Crippen molar-refractivity contribution in [3.8, 4) is 28.1 Å². The first kappa shape index (κ1) is 28.9. The van der Waals surface area contributed by atoms with Gasteiger partial charge >= 0.3 is 0 Å². The highest BCUT2D eigenvalue weighted by molar-refractivity contribution is 6.09. The highest BCUT2D eigenvalue weighted by Gasteiger charge is 2.35. The van der Waals surface area contributed by atoms with Crippen LogP contribution in [0, 0.1) is 0 Å². The van der Waals surface area contributed by atoms with Crippen molar-refractivity contribution in [2.24, 2.45) is 0 Å². The molecule has 0 bridgehead atoms. The van der Waals surface area contributed by atoms with Crippen LogP contribution in [0.4, 0.5) is 10.1 Å². The normalized spacial score (nSPS) is 18.3. The number of ether oxygens (including phenoxy) is 1. The molecule has 0 radical (unpaired) electrons. The van der Waals surface area contributed by atoms with Gasteiger partial charge in [-0.1, -0.05) is 42.5 Å². The molecule has 1 saturated carbocycles.